The Morgan fingerprint density at radius 1 is 0.952 bits per heavy atom. The number of aryl methyl sites for hydroxylation is 5. The van der Waals surface area contributed by atoms with Gasteiger partial charge in [-0.05, 0) is 51.3 Å². The van der Waals surface area contributed by atoms with E-state index in [-0.39, 0.29) is 5.56 Å². The molecule has 0 amide bonds. The molecular formula is C17H19N3O. The molecule has 0 atom stereocenters. The molecule has 0 radical (unpaired) electrons. The maximum absolute atomic E-state index is 12.1. The fourth-order valence-corrected chi connectivity index (χ4v) is 3.15. The monoisotopic (exact) mass is 281 g/mol. The van der Waals surface area contributed by atoms with E-state index in [1.165, 1.54) is 21.2 Å². The molecule has 0 aliphatic rings. The van der Waals surface area contributed by atoms with E-state index < -0.39 is 0 Å². The van der Waals surface area contributed by atoms with Crippen molar-refractivity contribution in [3.63, 3.8) is 0 Å². The lowest BCUT2D eigenvalue weighted by Gasteiger charge is -2.11. The summed E-state index contributed by atoms with van der Waals surface area (Å²) in [6, 6.07) is 5.90. The number of benzene rings is 1. The Hall–Kier alpha value is -2.36. The van der Waals surface area contributed by atoms with Gasteiger partial charge in [-0.2, -0.15) is 9.61 Å². The molecule has 1 aromatic carbocycles. The van der Waals surface area contributed by atoms with Gasteiger partial charge in [0, 0.05) is 17.3 Å². The predicted octanol–water partition coefficient (Wildman–Crippen LogP) is 3.23. The van der Waals surface area contributed by atoms with Gasteiger partial charge in [-0.3, -0.25) is 4.79 Å². The number of aromatic amines is 1. The zero-order chi connectivity index (χ0) is 15.3. The summed E-state index contributed by atoms with van der Waals surface area (Å²) in [6.45, 7) is 10.1. The van der Waals surface area contributed by atoms with Crippen LogP contribution in [0.15, 0.2) is 23.0 Å². The Balaban J connectivity index is 2.47. The number of H-pyrrole nitrogens is 1. The fraction of sp³-hybridized carbons (Fsp3) is 0.294. The summed E-state index contributed by atoms with van der Waals surface area (Å²) in [7, 11) is 0. The molecule has 4 heteroatoms. The van der Waals surface area contributed by atoms with E-state index in [1.54, 1.807) is 6.07 Å². The van der Waals surface area contributed by atoms with Crippen molar-refractivity contribution in [1.29, 1.82) is 0 Å². The minimum Gasteiger partial charge on any atom is -0.343 e. The highest BCUT2D eigenvalue weighted by Gasteiger charge is 2.17. The zero-order valence-corrected chi connectivity index (χ0v) is 13.0. The number of hydrogen-bond donors (Lipinski definition) is 1. The third-order valence-corrected chi connectivity index (χ3v) is 3.85. The standard InChI is InChI=1S/C17H19N3O/c1-9-6-10(2)15(11(3)7-9)16-13(5)19-20-14(21)8-12(4)18-17(16)20/h6-8,18H,1-5H3. The maximum Gasteiger partial charge on any atom is 0.274 e. The average molecular weight is 281 g/mol. The Bertz CT molecular complexity index is 893. The maximum atomic E-state index is 12.1. The topological polar surface area (TPSA) is 50.2 Å². The second-order valence-electron chi connectivity index (χ2n) is 5.79. The van der Waals surface area contributed by atoms with Crippen LogP contribution in [0, 0.1) is 34.6 Å². The van der Waals surface area contributed by atoms with E-state index in [0.29, 0.717) is 0 Å². The van der Waals surface area contributed by atoms with Gasteiger partial charge in [0.2, 0.25) is 0 Å². The molecule has 0 saturated heterocycles. The number of nitrogens with one attached hydrogen (secondary N) is 1. The zero-order valence-electron chi connectivity index (χ0n) is 13.0. The SMILES string of the molecule is Cc1cc(C)c(-c2c(C)nn3c(=O)cc(C)[nH]c23)c(C)c1. The van der Waals surface area contributed by atoms with Crippen molar-refractivity contribution in [1.82, 2.24) is 14.6 Å². The van der Waals surface area contributed by atoms with E-state index in [1.807, 2.05) is 13.8 Å². The van der Waals surface area contributed by atoms with Gasteiger partial charge >= 0.3 is 0 Å². The van der Waals surface area contributed by atoms with Gasteiger partial charge in [-0.25, -0.2) is 0 Å². The summed E-state index contributed by atoms with van der Waals surface area (Å²) in [5.41, 5.74) is 8.21. The molecule has 1 N–H and O–H groups in total. The predicted molar refractivity (Wildman–Crippen MR) is 84.9 cm³/mol. The molecule has 21 heavy (non-hydrogen) atoms. The number of rotatable bonds is 1. The molecule has 0 unspecified atom stereocenters. The van der Waals surface area contributed by atoms with E-state index in [4.69, 9.17) is 0 Å². The van der Waals surface area contributed by atoms with Crippen molar-refractivity contribution in [3.8, 4) is 11.1 Å². The van der Waals surface area contributed by atoms with Crippen molar-refractivity contribution >= 4 is 5.65 Å². The third kappa shape index (κ3) is 2.07. The van der Waals surface area contributed by atoms with Gasteiger partial charge in [0.15, 0.2) is 0 Å². The number of aromatic nitrogens is 3. The first-order valence-corrected chi connectivity index (χ1v) is 7.06. The number of nitrogens with zero attached hydrogens (tertiary/aromatic N) is 2. The lowest BCUT2D eigenvalue weighted by atomic mass is 9.94. The number of fused-ring (bicyclic) bond motifs is 1. The van der Waals surface area contributed by atoms with Crippen LogP contribution >= 0.6 is 0 Å². The third-order valence-electron chi connectivity index (χ3n) is 3.85. The van der Waals surface area contributed by atoms with Gasteiger partial charge in [0.25, 0.3) is 5.56 Å². The molecule has 2 aromatic heterocycles. The van der Waals surface area contributed by atoms with Gasteiger partial charge in [0.05, 0.1) is 5.69 Å². The van der Waals surface area contributed by atoms with Crippen LogP contribution in [-0.2, 0) is 0 Å². The largest absolute Gasteiger partial charge is 0.343 e. The molecular weight excluding hydrogens is 262 g/mol. The van der Waals surface area contributed by atoms with E-state index in [9.17, 15) is 4.79 Å². The Labute approximate surface area is 123 Å². The second-order valence-corrected chi connectivity index (χ2v) is 5.79. The summed E-state index contributed by atoms with van der Waals surface area (Å²) in [6.07, 6.45) is 0. The molecule has 0 spiro atoms. The summed E-state index contributed by atoms with van der Waals surface area (Å²) >= 11 is 0. The summed E-state index contributed by atoms with van der Waals surface area (Å²) in [4.78, 5) is 15.4. The summed E-state index contributed by atoms with van der Waals surface area (Å²) in [5, 5.41) is 4.41. The first-order chi connectivity index (χ1) is 9.88. The highest BCUT2D eigenvalue weighted by atomic mass is 16.1. The lowest BCUT2D eigenvalue weighted by Crippen LogP contribution is -2.14. The van der Waals surface area contributed by atoms with Crippen LogP contribution in [0.1, 0.15) is 28.1 Å². The highest BCUT2D eigenvalue weighted by molar-refractivity contribution is 5.84. The molecule has 0 aliphatic carbocycles. The normalized spacial score (nSPS) is 11.3. The van der Waals surface area contributed by atoms with Crippen LogP contribution < -0.4 is 5.56 Å². The molecule has 3 aromatic rings. The second kappa shape index (κ2) is 4.58. The van der Waals surface area contributed by atoms with Crippen LogP contribution in [0.25, 0.3) is 16.8 Å². The van der Waals surface area contributed by atoms with Crippen LogP contribution in [0.3, 0.4) is 0 Å². The molecule has 0 aliphatic heterocycles. The fourth-order valence-electron chi connectivity index (χ4n) is 3.15. The van der Waals surface area contributed by atoms with E-state index in [0.717, 1.165) is 28.2 Å². The van der Waals surface area contributed by atoms with E-state index >= 15 is 0 Å². The van der Waals surface area contributed by atoms with Crippen LogP contribution in [-0.4, -0.2) is 14.6 Å². The molecule has 0 saturated carbocycles. The first-order valence-electron chi connectivity index (χ1n) is 7.06. The van der Waals surface area contributed by atoms with Crippen LogP contribution in [0.5, 0.6) is 0 Å². The van der Waals surface area contributed by atoms with Crippen molar-refractivity contribution in [2.45, 2.75) is 34.6 Å². The average Bonchev–Trinajstić information content (AvgIpc) is 2.66. The van der Waals surface area contributed by atoms with Gasteiger partial charge in [0.1, 0.15) is 5.65 Å². The smallest absolute Gasteiger partial charge is 0.274 e. The quantitative estimate of drug-likeness (QED) is 0.744. The number of hydrogen-bond acceptors (Lipinski definition) is 2. The molecule has 2 heterocycles. The first kappa shape index (κ1) is 13.6. The van der Waals surface area contributed by atoms with Gasteiger partial charge < -0.3 is 4.98 Å². The minimum atomic E-state index is -0.0991. The molecule has 0 bridgehead atoms. The molecule has 108 valence electrons. The van der Waals surface area contributed by atoms with Crippen LogP contribution in [0.4, 0.5) is 0 Å². The lowest BCUT2D eigenvalue weighted by molar-refractivity contribution is 0.873. The van der Waals surface area contributed by atoms with Crippen molar-refractivity contribution in [3.05, 3.63) is 56.6 Å². The van der Waals surface area contributed by atoms with Crippen LogP contribution in [0.2, 0.25) is 0 Å². The molecule has 0 fully saturated rings. The Morgan fingerprint density at radius 3 is 2.19 bits per heavy atom. The van der Waals surface area contributed by atoms with Crippen molar-refractivity contribution in [2.75, 3.05) is 0 Å². The van der Waals surface area contributed by atoms with Gasteiger partial charge in [-0.15, -0.1) is 0 Å². The highest BCUT2D eigenvalue weighted by Crippen LogP contribution is 2.32. The van der Waals surface area contributed by atoms with Crippen molar-refractivity contribution < 1.29 is 0 Å². The molecule has 4 nitrogen and oxygen atoms in total. The van der Waals surface area contributed by atoms with Crippen molar-refractivity contribution in [2.24, 2.45) is 0 Å². The summed E-state index contributed by atoms with van der Waals surface area (Å²) in [5.74, 6) is 0. The van der Waals surface area contributed by atoms with E-state index in [2.05, 4.69) is 43.0 Å². The van der Waals surface area contributed by atoms with Gasteiger partial charge in [-0.1, -0.05) is 17.7 Å². The Kier molecular flexibility index (Phi) is 2.97. The Morgan fingerprint density at radius 2 is 1.57 bits per heavy atom. The minimum absolute atomic E-state index is 0.0991. The summed E-state index contributed by atoms with van der Waals surface area (Å²) < 4.78 is 1.45. The molecule has 3 rings (SSSR count).